The number of nitrogens with zero attached hydrogens (tertiary/aromatic N) is 1. The molecule has 22 heavy (non-hydrogen) atoms. The Morgan fingerprint density at radius 3 is 2.68 bits per heavy atom. The van der Waals surface area contributed by atoms with Gasteiger partial charge < -0.3 is 14.7 Å². The monoisotopic (exact) mass is 343 g/mol. The van der Waals surface area contributed by atoms with Gasteiger partial charge in [0.15, 0.2) is 11.5 Å². The second kappa shape index (κ2) is 7.33. The molecule has 116 valence electrons. The third-order valence-corrected chi connectivity index (χ3v) is 3.52. The molecule has 0 aliphatic heterocycles. The molecule has 0 bridgehead atoms. The minimum absolute atomic E-state index is 0.102. The lowest BCUT2D eigenvalue weighted by molar-refractivity contribution is 0.280. The molecule has 4 nitrogen and oxygen atoms in total. The first kappa shape index (κ1) is 16.4. The predicted molar refractivity (Wildman–Crippen MR) is 83.1 cm³/mol. The molecule has 0 heterocycles. The summed E-state index contributed by atoms with van der Waals surface area (Å²) in [5, 5.41) is 12.0. The van der Waals surface area contributed by atoms with Crippen LogP contribution in [-0.4, -0.2) is 18.5 Å². The van der Waals surface area contributed by atoms with Crippen LogP contribution >= 0.6 is 23.2 Å². The van der Waals surface area contributed by atoms with Crippen LogP contribution in [0.5, 0.6) is 11.5 Å². The van der Waals surface area contributed by atoms with Gasteiger partial charge in [0.2, 0.25) is 0 Å². The fourth-order valence-corrected chi connectivity index (χ4v) is 2.33. The Balaban J connectivity index is 2.30. The molecule has 0 aromatic heterocycles. The van der Waals surface area contributed by atoms with Crippen molar-refractivity contribution < 1.29 is 19.1 Å². The van der Waals surface area contributed by atoms with Gasteiger partial charge in [-0.3, -0.25) is 0 Å². The second-order valence-electron chi connectivity index (χ2n) is 4.27. The summed E-state index contributed by atoms with van der Waals surface area (Å²) < 4.78 is 24.5. The van der Waals surface area contributed by atoms with E-state index in [9.17, 15) is 4.39 Å². The second-order valence-corrected chi connectivity index (χ2v) is 5.08. The van der Waals surface area contributed by atoms with E-state index in [1.807, 2.05) is 0 Å². The first-order valence-electron chi connectivity index (χ1n) is 6.17. The highest BCUT2D eigenvalue weighted by Crippen LogP contribution is 2.37. The average Bonchev–Trinajstić information content (AvgIpc) is 2.48. The largest absolute Gasteiger partial charge is 0.493 e. The lowest BCUT2D eigenvalue weighted by Gasteiger charge is -2.14. The maximum Gasteiger partial charge on any atom is 0.180 e. The summed E-state index contributed by atoms with van der Waals surface area (Å²) >= 11 is 12.1. The zero-order valence-corrected chi connectivity index (χ0v) is 13.0. The molecule has 1 N–H and O–H groups in total. The van der Waals surface area contributed by atoms with Gasteiger partial charge in [0, 0.05) is 11.1 Å². The Morgan fingerprint density at radius 2 is 2.05 bits per heavy atom. The predicted octanol–water partition coefficient (Wildman–Crippen LogP) is 4.53. The minimum Gasteiger partial charge on any atom is -0.493 e. The highest BCUT2D eigenvalue weighted by Gasteiger charge is 2.14. The maximum atomic E-state index is 13.7. The minimum atomic E-state index is -0.466. The Bertz CT molecular complexity index is 687. The van der Waals surface area contributed by atoms with Crippen molar-refractivity contribution in [2.45, 2.75) is 6.61 Å². The van der Waals surface area contributed by atoms with Gasteiger partial charge in [-0.05, 0) is 24.3 Å². The summed E-state index contributed by atoms with van der Waals surface area (Å²) in [7, 11) is 1.44. The quantitative estimate of drug-likeness (QED) is 0.493. The molecule has 0 atom stereocenters. The molecule has 0 saturated heterocycles. The number of oxime groups is 1. The van der Waals surface area contributed by atoms with Gasteiger partial charge in [0.05, 0.1) is 23.4 Å². The van der Waals surface area contributed by atoms with E-state index in [-0.39, 0.29) is 28.0 Å². The van der Waals surface area contributed by atoms with Crippen LogP contribution in [0.3, 0.4) is 0 Å². The van der Waals surface area contributed by atoms with Crippen molar-refractivity contribution in [1.82, 2.24) is 0 Å². The molecule has 7 heteroatoms. The van der Waals surface area contributed by atoms with Crippen LogP contribution in [0.25, 0.3) is 0 Å². The summed E-state index contributed by atoms with van der Waals surface area (Å²) in [6.07, 6.45) is 1.20. The number of hydrogen-bond acceptors (Lipinski definition) is 4. The van der Waals surface area contributed by atoms with Gasteiger partial charge in [0.25, 0.3) is 0 Å². The Kier molecular flexibility index (Phi) is 5.46. The summed E-state index contributed by atoms with van der Waals surface area (Å²) in [5.74, 6) is 0.111. The normalized spacial score (nSPS) is 10.9. The first-order valence-corrected chi connectivity index (χ1v) is 6.93. The molecule has 2 rings (SSSR count). The van der Waals surface area contributed by atoms with E-state index in [4.69, 9.17) is 37.9 Å². The van der Waals surface area contributed by atoms with Crippen molar-refractivity contribution in [3.63, 3.8) is 0 Å². The number of rotatable bonds is 5. The molecule has 0 aliphatic carbocycles. The molecule has 0 amide bonds. The van der Waals surface area contributed by atoms with E-state index < -0.39 is 5.82 Å². The number of benzene rings is 2. The summed E-state index contributed by atoms with van der Waals surface area (Å²) in [4.78, 5) is 0. The van der Waals surface area contributed by atoms with E-state index in [2.05, 4.69) is 5.16 Å². The smallest absolute Gasteiger partial charge is 0.180 e. The van der Waals surface area contributed by atoms with Gasteiger partial charge in [-0.25, -0.2) is 4.39 Å². The Morgan fingerprint density at radius 1 is 1.27 bits per heavy atom. The van der Waals surface area contributed by atoms with Gasteiger partial charge in [-0.1, -0.05) is 34.4 Å². The van der Waals surface area contributed by atoms with Crippen molar-refractivity contribution in [2.75, 3.05) is 7.11 Å². The molecule has 0 aliphatic rings. The van der Waals surface area contributed by atoms with Gasteiger partial charge in [-0.15, -0.1) is 0 Å². The average molecular weight is 344 g/mol. The number of halogens is 3. The van der Waals surface area contributed by atoms with E-state index in [0.29, 0.717) is 11.3 Å². The van der Waals surface area contributed by atoms with Gasteiger partial charge in [-0.2, -0.15) is 0 Å². The van der Waals surface area contributed by atoms with Gasteiger partial charge >= 0.3 is 0 Å². The van der Waals surface area contributed by atoms with Crippen LogP contribution in [0.15, 0.2) is 35.5 Å². The fraction of sp³-hybridized carbons (Fsp3) is 0.133. The first-order chi connectivity index (χ1) is 10.6. The molecule has 0 fully saturated rings. The van der Waals surface area contributed by atoms with Crippen LogP contribution in [-0.2, 0) is 6.61 Å². The summed E-state index contributed by atoms with van der Waals surface area (Å²) in [6.45, 7) is -0.102. The van der Waals surface area contributed by atoms with Crippen LogP contribution in [0.2, 0.25) is 10.0 Å². The zero-order chi connectivity index (χ0) is 16.1. The highest BCUT2D eigenvalue weighted by atomic mass is 35.5. The lowest BCUT2D eigenvalue weighted by atomic mass is 10.2. The molecule has 0 saturated carbocycles. The summed E-state index contributed by atoms with van der Waals surface area (Å²) in [5.41, 5.74) is 0.754. The van der Waals surface area contributed by atoms with Crippen molar-refractivity contribution in [1.29, 1.82) is 0 Å². The van der Waals surface area contributed by atoms with Crippen molar-refractivity contribution >= 4 is 29.4 Å². The van der Waals surface area contributed by atoms with E-state index in [1.165, 1.54) is 31.5 Å². The lowest BCUT2D eigenvalue weighted by Crippen LogP contribution is -2.02. The number of methoxy groups -OCH3 is 1. The van der Waals surface area contributed by atoms with E-state index in [0.717, 1.165) is 0 Å². The highest BCUT2D eigenvalue weighted by molar-refractivity contribution is 6.32. The Hall–Kier alpha value is -1.98. The van der Waals surface area contributed by atoms with Crippen LogP contribution in [0.1, 0.15) is 11.1 Å². The molecule has 2 aromatic carbocycles. The van der Waals surface area contributed by atoms with Crippen LogP contribution in [0, 0.1) is 5.82 Å². The summed E-state index contributed by atoms with van der Waals surface area (Å²) in [6, 6.07) is 7.48. The molecular formula is C15H12Cl2FNO3. The SMILES string of the molecule is COc1cc(C=NO)cc(Cl)c1OCc1c(F)cccc1Cl. The Labute approximate surface area is 136 Å². The molecular weight excluding hydrogens is 332 g/mol. The molecule has 0 radical (unpaired) electrons. The third-order valence-electron chi connectivity index (χ3n) is 2.88. The molecule has 0 spiro atoms. The maximum absolute atomic E-state index is 13.7. The topological polar surface area (TPSA) is 51.0 Å². The number of hydrogen-bond donors (Lipinski definition) is 1. The van der Waals surface area contributed by atoms with Crippen molar-refractivity contribution in [2.24, 2.45) is 5.16 Å². The third kappa shape index (κ3) is 3.61. The van der Waals surface area contributed by atoms with Gasteiger partial charge in [0.1, 0.15) is 12.4 Å². The zero-order valence-electron chi connectivity index (χ0n) is 11.5. The standard InChI is InChI=1S/C15H12Cl2FNO3/c1-21-14-6-9(7-19-20)5-12(17)15(14)22-8-10-11(16)3-2-4-13(10)18/h2-7,20H,8H2,1H3. The van der Waals surface area contributed by atoms with Crippen molar-refractivity contribution in [3.8, 4) is 11.5 Å². The fourth-order valence-electron chi connectivity index (χ4n) is 1.84. The van der Waals surface area contributed by atoms with Crippen molar-refractivity contribution in [3.05, 3.63) is 57.3 Å². The van der Waals surface area contributed by atoms with Crippen LogP contribution < -0.4 is 9.47 Å². The van der Waals surface area contributed by atoms with Crippen LogP contribution in [0.4, 0.5) is 4.39 Å². The van der Waals surface area contributed by atoms with E-state index in [1.54, 1.807) is 12.1 Å². The number of ether oxygens (including phenoxy) is 2. The molecule has 2 aromatic rings. The molecule has 0 unspecified atom stereocenters. The van der Waals surface area contributed by atoms with E-state index >= 15 is 0 Å².